The zero-order valence-electron chi connectivity index (χ0n) is 18.5. The molecule has 1 aromatic carbocycles. The lowest BCUT2D eigenvalue weighted by atomic mass is 10.1. The quantitative estimate of drug-likeness (QED) is 0.364. The van der Waals surface area contributed by atoms with E-state index < -0.39 is 12.0 Å². The van der Waals surface area contributed by atoms with Crippen molar-refractivity contribution < 1.29 is 18.7 Å². The molecule has 3 aromatic heterocycles. The molecule has 5 rings (SSSR count). The smallest absolute Gasteiger partial charge is 0.328 e. The number of carbonyl (C=O) groups excluding carboxylic acids is 1. The van der Waals surface area contributed by atoms with Gasteiger partial charge in [0.15, 0.2) is 17.2 Å². The Morgan fingerprint density at radius 1 is 1.15 bits per heavy atom. The van der Waals surface area contributed by atoms with Crippen LogP contribution < -0.4 is 15.4 Å². The summed E-state index contributed by atoms with van der Waals surface area (Å²) in [4.78, 5) is 28.5. The fourth-order valence-corrected chi connectivity index (χ4v) is 3.74. The van der Waals surface area contributed by atoms with E-state index in [4.69, 9.17) is 29.6 Å². The van der Waals surface area contributed by atoms with Crippen molar-refractivity contribution >= 4 is 34.0 Å². The molecule has 9 nitrogen and oxygen atoms in total. The third kappa shape index (κ3) is 4.12. The molecule has 170 valence electrons. The van der Waals surface area contributed by atoms with Crippen LogP contribution in [0, 0.1) is 5.92 Å². The summed E-state index contributed by atoms with van der Waals surface area (Å²) >= 11 is 0. The number of esters is 1. The SMILES string of the molecule is CC(C)C(N)C(=O)Oc1cccc(-c2nc(N3CCOCC3)c3oc4ncccc4c3n2)c1. The Balaban J connectivity index is 1.59. The second-order valence-electron chi connectivity index (χ2n) is 8.32. The molecule has 1 unspecified atom stereocenters. The summed E-state index contributed by atoms with van der Waals surface area (Å²) in [5.41, 5.74) is 8.45. The number of ether oxygens (including phenoxy) is 2. The van der Waals surface area contributed by atoms with Crippen LogP contribution in [0.2, 0.25) is 0 Å². The van der Waals surface area contributed by atoms with Crippen LogP contribution in [0.5, 0.6) is 5.75 Å². The minimum Gasteiger partial charge on any atom is -0.432 e. The largest absolute Gasteiger partial charge is 0.432 e. The standard InChI is InChI=1S/C24H25N5O4/c1-14(2)18(25)24(30)32-16-6-3-5-15(13-16)21-27-19-17-7-4-8-26-23(17)33-20(19)22(28-21)29-9-11-31-12-10-29/h3-8,13-14,18H,9-12,25H2,1-2H3. The first-order valence-electron chi connectivity index (χ1n) is 11.0. The van der Waals surface area contributed by atoms with Gasteiger partial charge in [-0.1, -0.05) is 26.0 Å². The highest BCUT2D eigenvalue weighted by molar-refractivity contribution is 6.05. The van der Waals surface area contributed by atoms with Gasteiger partial charge in [0.2, 0.25) is 5.71 Å². The van der Waals surface area contributed by atoms with Crippen molar-refractivity contribution in [1.29, 1.82) is 0 Å². The molecule has 1 fully saturated rings. The van der Waals surface area contributed by atoms with Gasteiger partial charge >= 0.3 is 5.97 Å². The van der Waals surface area contributed by atoms with Crippen LogP contribution in [-0.4, -0.2) is 53.3 Å². The lowest BCUT2D eigenvalue weighted by Crippen LogP contribution is -2.38. The summed E-state index contributed by atoms with van der Waals surface area (Å²) in [6.07, 6.45) is 1.69. The molecular weight excluding hydrogens is 422 g/mol. The Labute approximate surface area is 190 Å². The van der Waals surface area contributed by atoms with E-state index in [1.165, 1.54) is 0 Å². The number of fused-ring (bicyclic) bond motifs is 3. The van der Waals surface area contributed by atoms with E-state index in [-0.39, 0.29) is 5.92 Å². The van der Waals surface area contributed by atoms with Gasteiger partial charge in [-0.15, -0.1) is 0 Å². The Hall–Kier alpha value is -3.56. The number of hydrogen-bond acceptors (Lipinski definition) is 9. The second-order valence-corrected chi connectivity index (χ2v) is 8.32. The van der Waals surface area contributed by atoms with Crippen LogP contribution >= 0.6 is 0 Å². The van der Waals surface area contributed by atoms with Gasteiger partial charge in [0, 0.05) is 24.8 Å². The number of aromatic nitrogens is 3. The molecule has 0 spiro atoms. The van der Waals surface area contributed by atoms with Crippen molar-refractivity contribution in [3.63, 3.8) is 0 Å². The monoisotopic (exact) mass is 447 g/mol. The fraction of sp³-hybridized carbons (Fsp3) is 0.333. The summed E-state index contributed by atoms with van der Waals surface area (Å²) in [6.45, 7) is 6.37. The summed E-state index contributed by atoms with van der Waals surface area (Å²) in [5, 5.41) is 0.816. The van der Waals surface area contributed by atoms with Gasteiger partial charge in [0.1, 0.15) is 17.3 Å². The van der Waals surface area contributed by atoms with Gasteiger partial charge in [-0.05, 0) is 30.2 Å². The number of carbonyl (C=O) groups is 1. The normalized spacial score (nSPS) is 15.3. The molecule has 1 aliphatic rings. The van der Waals surface area contributed by atoms with Gasteiger partial charge < -0.3 is 24.5 Å². The Kier molecular flexibility index (Phi) is 5.65. The van der Waals surface area contributed by atoms with Gasteiger partial charge in [-0.25, -0.2) is 19.7 Å². The predicted molar refractivity (Wildman–Crippen MR) is 124 cm³/mol. The third-order valence-electron chi connectivity index (χ3n) is 5.68. The first kappa shape index (κ1) is 21.3. The maximum absolute atomic E-state index is 12.3. The molecule has 0 saturated carbocycles. The van der Waals surface area contributed by atoms with Crippen LogP contribution in [0.3, 0.4) is 0 Å². The molecule has 9 heteroatoms. The molecule has 0 amide bonds. The van der Waals surface area contributed by atoms with Gasteiger partial charge in [0.05, 0.1) is 18.6 Å². The molecule has 33 heavy (non-hydrogen) atoms. The zero-order valence-corrected chi connectivity index (χ0v) is 18.5. The molecule has 4 heterocycles. The molecule has 0 radical (unpaired) electrons. The number of morpholine rings is 1. The molecule has 1 atom stereocenters. The molecule has 1 aliphatic heterocycles. The van der Waals surface area contributed by atoms with Crippen molar-refractivity contribution in [3.8, 4) is 17.1 Å². The van der Waals surface area contributed by atoms with Gasteiger partial charge in [-0.3, -0.25) is 0 Å². The molecule has 2 N–H and O–H groups in total. The molecule has 0 bridgehead atoms. The van der Waals surface area contributed by atoms with E-state index >= 15 is 0 Å². The van der Waals surface area contributed by atoms with Crippen LogP contribution in [-0.2, 0) is 9.53 Å². The summed E-state index contributed by atoms with van der Waals surface area (Å²) in [5.74, 6) is 1.09. The first-order valence-corrected chi connectivity index (χ1v) is 11.0. The Bertz CT molecular complexity index is 1310. The van der Waals surface area contributed by atoms with E-state index in [9.17, 15) is 4.79 Å². The fourth-order valence-electron chi connectivity index (χ4n) is 3.74. The van der Waals surface area contributed by atoms with Crippen molar-refractivity contribution in [2.24, 2.45) is 11.7 Å². The number of hydrogen-bond donors (Lipinski definition) is 1. The molecular formula is C24H25N5O4. The van der Waals surface area contributed by atoms with Crippen molar-refractivity contribution in [2.45, 2.75) is 19.9 Å². The van der Waals surface area contributed by atoms with Crippen molar-refractivity contribution in [1.82, 2.24) is 15.0 Å². The van der Waals surface area contributed by atoms with E-state index in [0.717, 1.165) is 5.39 Å². The minimum absolute atomic E-state index is 0.0227. The highest BCUT2D eigenvalue weighted by atomic mass is 16.5. The maximum Gasteiger partial charge on any atom is 0.328 e. The number of benzene rings is 1. The van der Waals surface area contributed by atoms with Crippen LogP contribution in [0.4, 0.5) is 5.82 Å². The molecule has 1 saturated heterocycles. The zero-order chi connectivity index (χ0) is 22.9. The average Bonchev–Trinajstić information content (AvgIpc) is 3.22. The van der Waals surface area contributed by atoms with Gasteiger partial charge in [-0.2, -0.15) is 0 Å². The number of pyridine rings is 1. The highest BCUT2D eigenvalue weighted by Gasteiger charge is 2.23. The summed E-state index contributed by atoms with van der Waals surface area (Å²) < 4.78 is 17.1. The topological polar surface area (TPSA) is 117 Å². The predicted octanol–water partition coefficient (Wildman–Crippen LogP) is 3.16. The molecule has 0 aliphatic carbocycles. The lowest BCUT2D eigenvalue weighted by molar-refractivity contribution is -0.136. The van der Waals surface area contributed by atoms with Crippen LogP contribution in [0.1, 0.15) is 13.8 Å². The van der Waals surface area contributed by atoms with E-state index in [1.807, 2.05) is 32.0 Å². The number of furan rings is 1. The first-order chi connectivity index (χ1) is 16.0. The van der Waals surface area contributed by atoms with Crippen LogP contribution in [0.25, 0.3) is 33.6 Å². The number of nitrogens with two attached hydrogens (primary N) is 1. The van der Waals surface area contributed by atoms with Gasteiger partial charge in [0.25, 0.3) is 0 Å². The minimum atomic E-state index is -0.695. The summed E-state index contributed by atoms with van der Waals surface area (Å²) in [6, 6.07) is 10.2. The summed E-state index contributed by atoms with van der Waals surface area (Å²) in [7, 11) is 0. The lowest BCUT2D eigenvalue weighted by Gasteiger charge is -2.27. The highest BCUT2D eigenvalue weighted by Crippen LogP contribution is 2.34. The van der Waals surface area contributed by atoms with E-state index in [2.05, 4.69) is 9.88 Å². The third-order valence-corrected chi connectivity index (χ3v) is 5.68. The van der Waals surface area contributed by atoms with E-state index in [1.54, 1.807) is 24.4 Å². The number of anilines is 1. The number of nitrogens with zero attached hydrogens (tertiary/aromatic N) is 4. The maximum atomic E-state index is 12.3. The van der Waals surface area contributed by atoms with Crippen molar-refractivity contribution in [2.75, 3.05) is 31.2 Å². The van der Waals surface area contributed by atoms with E-state index in [0.29, 0.717) is 66.1 Å². The van der Waals surface area contributed by atoms with Crippen LogP contribution in [0.15, 0.2) is 47.0 Å². The second kappa shape index (κ2) is 8.76. The Morgan fingerprint density at radius 3 is 2.76 bits per heavy atom. The average molecular weight is 447 g/mol. The number of rotatable bonds is 5. The Morgan fingerprint density at radius 2 is 1.97 bits per heavy atom. The van der Waals surface area contributed by atoms with Crippen molar-refractivity contribution in [3.05, 3.63) is 42.6 Å². The molecule has 4 aromatic rings.